The van der Waals surface area contributed by atoms with Gasteiger partial charge in [-0.3, -0.25) is 9.55 Å². The van der Waals surface area contributed by atoms with Crippen LogP contribution in [0.2, 0.25) is 0 Å². The lowest BCUT2D eigenvalue weighted by Crippen LogP contribution is -2.30. The van der Waals surface area contributed by atoms with Crippen LogP contribution >= 0.6 is 0 Å². The minimum absolute atomic E-state index is 0.134. The largest absolute Gasteiger partial charge is 0.337 e. The van der Waals surface area contributed by atoms with Crippen LogP contribution < -0.4 is 5.32 Å². The first-order valence-corrected chi connectivity index (χ1v) is 6.82. The van der Waals surface area contributed by atoms with E-state index >= 15 is 0 Å². The average Bonchev–Trinajstić information content (AvgIpc) is 2.81. The lowest BCUT2D eigenvalue weighted by Gasteiger charge is -2.08. The molecule has 0 aliphatic heterocycles. The van der Waals surface area contributed by atoms with E-state index in [0.717, 1.165) is 17.7 Å². The quantitative estimate of drug-likeness (QED) is 0.931. The van der Waals surface area contributed by atoms with Crippen molar-refractivity contribution in [3.63, 3.8) is 0 Å². The first kappa shape index (κ1) is 14.2. The van der Waals surface area contributed by atoms with E-state index in [0.29, 0.717) is 18.3 Å². The summed E-state index contributed by atoms with van der Waals surface area (Å²) in [7, 11) is 0. The molecule has 0 spiro atoms. The van der Waals surface area contributed by atoms with Crippen molar-refractivity contribution in [1.82, 2.24) is 19.9 Å². The fraction of sp³-hybridized carbons (Fsp3) is 0.400. The minimum Gasteiger partial charge on any atom is -0.337 e. The first-order valence-electron chi connectivity index (χ1n) is 6.82. The number of nitrogens with one attached hydrogen (secondary N) is 1. The highest BCUT2D eigenvalue weighted by Crippen LogP contribution is 2.16. The molecule has 5 nitrogen and oxygen atoms in total. The van der Waals surface area contributed by atoms with Gasteiger partial charge in [0.25, 0.3) is 0 Å². The Morgan fingerprint density at radius 3 is 2.90 bits per heavy atom. The van der Waals surface area contributed by atoms with Crippen molar-refractivity contribution in [2.75, 3.05) is 6.54 Å². The fourth-order valence-electron chi connectivity index (χ4n) is 1.88. The molecule has 0 atom stereocenters. The van der Waals surface area contributed by atoms with Gasteiger partial charge < -0.3 is 5.32 Å². The second kappa shape index (κ2) is 6.32. The zero-order valence-electron chi connectivity index (χ0n) is 12.1. The smallest absolute Gasteiger partial charge is 0.327 e. The summed E-state index contributed by atoms with van der Waals surface area (Å²) in [5.41, 5.74) is 1.67. The van der Waals surface area contributed by atoms with Crippen LogP contribution in [0.4, 0.5) is 4.79 Å². The van der Waals surface area contributed by atoms with E-state index < -0.39 is 0 Å². The number of aromatic nitrogens is 3. The van der Waals surface area contributed by atoms with Crippen LogP contribution in [-0.4, -0.2) is 27.1 Å². The molecular weight excluding hydrogens is 252 g/mol. The predicted molar refractivity (Wildman–Crippen MR) is 78.4 cm³/mol. The highest BCUT2D eigenvalue weighted by atomic mass is 16.2. The number of carbonyl (C=O) groups is 1. The summed E-state index contributed by atoms with van der Waals surface area (Å²) < 4.78 is 1.54. The molecule has 1 amide bonds. The van der Waals surface area contributed by atoms with Crippen LogP contribution in [0.5, 0.6) is 0 Å². The highest BCUT2D eigenvalue weighted by molar-refractivity contribution is 5.78. The Morgan fingerprint density at radius 2 is 2.25 bits per heavy atom. The molecule has 0 aliphatic rings. The van der Waals surface area contributed by atoms with Crippen LogP contribution in [-0.2, 0) is 0 Å². The molecule has 5 heteroatoms. The molecule has 0 radical (unpaired) electrons. The van der Waals surface area contributed by atoms with Gasteiger partial charge >= 0.3 is 6.03 Å². The monoisotopic (exact) mass is 272 g/mol. The second-order valence-electron chi connectivity index (χ2n) is 5.20. The summed E-state index contributed by atoms with van der Waals surface area (Å²) in [6.07, 6.45) is 6.17. The van der Waals surface area contributed by atoms with E-state index in [2.05, 4.69) is 29.1 Å². The number of hydrogen-bond acceptors (Lipinski definition) is 3. The minimum atomic E-state index is -0.134. The van der Waals surface area contributed by atoms with Crippen molar-refractivity contribution < 1.29 is 4.79 Å². The Bertz CT molecular complexity index is 575. The van der Waals surface area contributed by atoms with Crippen molar-refractivity contribution >= 4 is 6.03 Å². The van der Waals surface area contributed by atoms with Gasteiger partial charge in [0.15, 0.2) is 0 Å². The molecule has 0 bridgehead atoms. The number of rotatable bonds is 4. The lowest BCUT2D eigenvalue weighted by atomic mass is 10.1. The molecule has 20 heavy (non-hydrogen) atoms. The van der Waals surface area contributed by atoms with E-state index in [9.17, 15) is 4.79 Å². The normalized spacial score (nSPS) is 10.8. The maximum absolute atomic E-state index is 12.1. The van der Waals surface area contributed by atoms with Crippen LogP contribution in [0, 0.1) is 12.8 Å². The third-order valence-electron chi connectivity index (χ3n) is 3.06. The Hall–Kier alpha value is -2.17. The summed E-state index contributed by atoms with van der Waals surface area (Å²) in [6.45, 7) is 6.77. The van der Waals surface area contributed by atoms with Gasteiger partial charge in [-0.2, -0.15) is 0 Å². The molecule has 0 aromatic carbocycles. The SMILES string of the molecule is Cc1nc(-c2cccnc2)cn1C(=O)NCCC(C)C. The van der Waals surface area contributed by atoms with Gasteiger partial charge in [-0.25, -0.2) is 9.78 Å². The average molecular weight is 272 g/mol. The molecule has 0 fully saturated rings. The Kier molecular flexibility index (Phi) is 4.50. The van der Waals surface area contributed by atoms with Crippen LogP contribution in [0.15, 0.2) is 30.7 Å². The predicted octanol–water partition coefficient (Wildman–Crippen LogP) is 2.86. The van der Waals surface area contributed by atoms with E-state index in [1.165, 1.54) is 0 Å². The van der Waals surface area contributed by atoms with Gasteiger partial charge in [-0.05, 0) is 31.4 Å². The van der Waals surface area contributed by atoms with Gasteiger partial charge in [0, 0.05) is 30.7 Å². The third-order valence-corrected chi connectivity index (χ3v) is 3.06. The topological polar surface area (TPSA) is 59.8 Å². The number of pyridine rings is 1. The number of carbonyl (C=O) groups excluding carboxylic acids is 1. The molecule has 0 aliphatic carbocycles. The number of hydrogen-bond donors (Lipinski definition) is 1. The molecule has 2 aromatic rings. The van der Waals surface area contributed by atoms with Gasteiger partial charge in [-0.15, -0.1) is 0 Å². The maximum Gasteiger partial charge on any atom is 0.327 e. The zero-order chi connectivity index (χ0) is 14.5. The molecule has 2 aromatic heterocycles. The van der Waals surface area contributed by atoms with Gasteiger partial charge in [-0.1, -0.05) is 13.8 Å². The van der Waals surface area contributed by atoms with Crippen molar-refractivity contribution in [3.8, 4) is 11.3 Å². The second-order valence-corrected chi connectivity index (χ2v) is 5.20. The summed E-state index contributed by atoms with van der Waals surface area (Å²) in [5, 5.41) is 2.90. The van der Waals surface area contributed by atoms with Crippen molar-refractivity contribution in [2.24, 2.45) is 5.92 Å². The molecule has 0 saturated heterocycles. The van der Waals surface area contributed by atoms with Crippen molar-refractivity contribution in [2.45, 2.75) is 27.2 Å². The summed E-state index contributed by atoms with van der Waals surface area (Å²) >= 11 is 0. The van der Waals surface area contributed by atoms with Gasteiger partial charge in [0.05, 0.1) is 5.69 Å². The number of imidazole rings is 1. The Balaban J connectivity index is 2.10. The fourth-order valence-corrected chi connectivity index (χ4v) is 1.88. The lowest BCUT2D eigenvalue weighted by molar-refractivity contribution is 0.241. The summed E-state index contributed by atoms with van der Waals surface area (Å²) in [6, 6.07) is 3.65. The van der Waals surface area contributed by atoms with Gasteiger partial charge in [0.1, 0.15) is 5.82 Å². The van der Waals surface area contributed by atoms with Crippen LogP contribution in [0.3, 0.4) is 0 Å². The molecule has 1 N–H and O–H groups in total. The van der Waals surface area contributed by atoms with Gasteiger partial charge in [0.2, 0.25) is 0 Å². The van der Waals surface area contributed by atoms with E-state index in [1.54, 1.807) is 23.2 Å². The van der Waals surface area contributed by atoms with E-state index in [-0.39, 0.29) is 6.03 Å². The van der Waals surface area contributed by atoms with Crippen LogP contribution in [0.1, 0.15) is 26.1 Å². The third kappa shape index (κ3) is 3.44. The number of amides is 1. The van der Waals surface area contributed by atoms with Crippen molar-refractivity contribution in [1.29, 1.82) is 0 Å². The Morgan fingerprint density at radius 1 is 1.45 bits per heavy atom. The summed E-state index contributed by atoms with van der Waals surface area (Å²) in [5.74, 6) is 1.25. The van der Waals surface area contributed by atoms with E-state index in [4.69, 9.17) is 0 Å². The zero-order valence-corrected chi connectivity index (χ0v) is 12.1. The summed E-state index contributed by atoms with van der Waals surface area (Å²) in [4.78, 5) is 20.6. The molecule has 2 heterocycles. The highest BCUT2D eigenvalue weighted by Gasteiger charge is 2.11. The number of aryl methyl sites for hydroxylation is 1. The van der Waals surface area contributed by atoms with Crippen LogP contribution in [0.25, 0.3) is 11.3 Å². The standard InChI is InChI=1S/C15H20N4O/c1-11(2)6-8-17-15(20)19-10-14(18-12(19)3)13-5-4-7-16-9-13/h4-5,7,9-11H,6,8H2,1-3H3,(H,17,20). The Labute approximate surface area is 119 Å². The maximum atomic E-state index is 12.1. The molecule has 106 valence electrons. The number of nitrogens with zero attached hydrogens (tertiary/aromatic N) is 3. The van der Waals surface area contributed by atoms with Crippen molar-refractivity contribution in [3.05, 3.63) is 36.5 Å². The molecule has 0 saturated carbocycles. The molecule has 2 rings (SSSR count). The molecule has 0 unspecified atom stereocenters. The van der Waals surface area contributed by atoms with E-state index in [1.807, 2.05) is 19.1 Å². The first-order chi connectivity index (χ1) is 9.58. The molecular formula is C15H20N4O.